The van der Waals surface area contributed by atoms with Crippen molar-refractivity contribution in [3.63, 3.8) is 0 Å². The average molecular weight is 464 g/mol. The molecule has 0 aliphatic carbocycles. The summed E-state index contributed by atoms with van der Waals surface area (Å²) in [5.41, 5.74) is 4.90. The van der Waals surface area contributed by atoms with Crippen LogP contribution in [-0.4, -0.2) is 51.8 Å². The number of carbonyl (C=O) groups is 1. The maximum Gasteiger partial charge on any atom is 0.227 e. The lowest BCUT2D eigenvalue weighted by Crippen LogP contribution is -2.36. The standard InChI is InChI=1S/C25H26FN5OS/c1-17-4-10-21(11-5-17)31-24-23(18(2)28-31)33-25(27-24)30-13-3-12-29(14-15-30)22(32)16-19-6-8-20(26)9-7-19/h4-11H,3,12-16H2,1-2H3. The molecule has 3 heterocycles. The van der Waals surface area contributed by atoms with E-state index < -0.39 is 0 Å². The summed E-state index contributed by atoms with van der Waals surface area (Å²) in [6, 6.07) is 14.5. The van der Waals surface area contributed by atoms with Crippen LogP contribution in [-0.2, 0) is 11.2 Å². The van der Waals surface area contributed by atoms with E-state index in [-0.39, 0.29) is 11.7 Å². The van der Waals surface area contributed by atoms with Gasteiger partial charge in [0.15, 0.2) is 10.8 Å². The number of anilines is 1. The van der Waals surface area contributed by atoms with Crippen LogP contribution in [0.4, 0.5) is 9.52 Å². The first-order valence-corrected chi connectivity index (χ1v) is 12.0. The summed E-state index contributed by atoms with van der Waals surface area (Å²) in [4.78, 5) is 21.9. The number of thiazole rings is 1. The Labute approximate surface area is 196 Å². The van der Waals surface area contributed by atoms with E-state index >= 15 is 0 Å². The minimum absolute atomic E-state index is 0.0821. The fraction of sp³-hybridized carbons (Fsp3) is 0.320. The van der Waals surface area contributed by atoms with Crippen LogP contribution in [0.2, 0.25) is 0 Å². The number of carbonyl (C=O) groups excluding carboxylic acids is 1. The third-order valence-corrected chi connectivity index (χ3v) is 7.26. The highest BCUT2D eigenvalue weighted by molar-refractivity contribution is 7.22. The minimum atomic E-state index is -0.284. The molecule has 1 saturated heterocycles. The van der Waals surface area contributed by atoms with Crippen LogP contribution in [0.15, 0.2) is 48.5 Å². The lowest BCUT2D eigenvalue weighted by Gasteiger charge is -2.21. The van der Waals surface area contributed by atoms with Gasteiger partial charge in [0, 0.05) is 26.2 Å². The van der Waals surface area contributed by atoms with Crippen LogP contribution in [0.5, 0.6) is 0 Å². The van der Waals surface area contributed by atoms with Crippen LogP contribution in [0.3, 0.4) is 0 Å². The molecule has 0 spiro atoms. The molecular weight excluding hydrogens is 437 g/mol. The Morgan fingerprint density at radius 2 is 1.76 bits per heavy atom. The molecule has 1 aliphatic rings. The van der Waals surface area contributed by atoms with Gasteiger partial charge in [-0.1, -0.05) is 41.2 Å². The molecule has 1 amide bonds. The lowest BCUT2D eigenvalue weighted by atomic mass is 10.1. The second kappa shape index (κ2) is 8.94. The maximum absolute atomic E-state index is 13.1. The van der Waals surface area contributed by atoms with Crippen LogP contribution in [0.1, 0.15) is 23.2 Å². The van der Waals surface area contributed by atoms with E-state index in [4.69, 9.17) is 10.1 Å². The van der Waals surface area contributed by atoms with Crippen LogP contribution < -0.4 is 4.90 Å². The highest BCUT2D eigenvalue weighted by atomic mass is 32.1. The zero-order chi connectivity index (χ0) is 22.9. The summed E-state index contributed by atoms with van der Waals surface area (Å²) < 4.78 is 16.2. The number of hydrogen-bond donors (Lipinski definition) is 0. The molecule has 0 atom stereocenters. The second-order valence-corrected chi connectivity index (χ2v) is 9.48. The number of nitrogens with zero attached hydrogens (tertiary/aromatic N) is 5. The fourth-order valence-corrected chi connectivity index (χ4v) is 5.21. The normalized spacial score (nSPS) is 14.6. The third-order valence-electron chi connectivity index (χ3n) is 6.04. The van der Waals surface area contributed by atoms with Crippen LogP contribution in [0, 0.1) is 19.7 Å². The van der Waals surface area contributed by atoms with Gasteiger partial charge in [-0.15, -0.1) is 0 Å². The molecule has 170 valence electrons. The van der Waals surface area contributed by atoms with E-state index in [1.165, 1.54) is 17.7 Å². The number of fused-ring (bicyclic) bond motifs is 1. The predicted octanol–water partition coefficient (Wildman–Crippen LogP) is 4.52. The van der Waals surface area contributed by atoms with Crippen molar-refractivity contribution in [3.05, 3.63) is 71.2 Å². The predicted molar refractivity (Wildman–Crippen MR) is 130 cm³/mol. The van der Waals surface area contributed by atoms with Crippen molar-refractivity contribution >= 4 is 32.7 Å². The second-order valence-electron chi connectivity index (χ2n) is 8.51. The molecule has 0 N–H and O–H groups in total. The van der Waals surface area contributed by atoms with Crippen molar-refractivity contribution in [1.29, 1.82) is 0 Å². The number of halogens is 1. The Hall–Kier alpha value is -3.26. The minimum Gasteiger partial charge on any atom is -0.346 e. The highest BCUT2D eigenvalue weighted by Crippen LogP contribution is 2.33. The first-order chi connectivity index (χ1) is 16.0. The average Bonchev–Trinajstić information content (AvgIpc) is 3.26. The van der Waals surface area contributed by atoms with Crippen molar-refractivity contribution in [1.82, 2.24) is 19.7 Å². The van der Waals surface area contributed by atoms with Gasteiger partial charge >= 0.3 is 0 Å². The molecule has 2 aromatic carbocycles. The third kappa shape index (κ3) is 4.48. The molecule has 5 rings (SSSR count). The molecule has 0 radical (unpaired) electrons. The monoisotopic (exact) mass is 463 g/mol. The van der Waals surface area contributed by atoms with Gasteiger partial charge in [0.25, 0.3) is 0 Å². The Morgan fingerprint density at radius 3 is 2.52 bits per heavy atom. The van der Waals surface area contributed by atoms with Gasteiger partial charge in [-0.3, -0.25) is 4.79 Å². The van der Waals surface area contributed by atoms with E-state index in [0.717, 1.165) is 58.5 Å². The topological polar surface area (TPSA) is 54.3 Å². The number of benzene rings is 2. The Kier molecular flexibility index (Phi) is 5.85. The maximum atomic E-state index is 13.1. The van der Waals surface area contributed by atoms with Crippen molar-refractivity contribution in [3.8, 4) is 5.69 Å². The quantitative estimate of drug-likeness (QED) is 0.447. The number of rotatable bonds is 4. The van der Waals surface area contributed by atoms with Crippen LogP contribution in [0.25, 0.3) is 16.0 Å². The van der Waals surface area contributed by atoms with Gasteiger partial charge in [-0.2, -0.15) is 10.1 Å². The first-order valence-electron chi connectivity index (χ1n) is 11.2. The molecule has 8 heteroatoms. The van der Waals surface area contributed by atoms with Crippen molar-refractivity contribution < 1.29 is 9.18 Å². The zero-order valence-electron chi connectivity index (χ0n) is 18.8. The molecule has 33 heavy (non-hydrogen) atoms. The molecule has 0 bridgehead atoms. The highest BCUT2D eigenvalue weighted by Gasteiger charge is 2.23. The molecule has 1 aliphatic heterocycles. The van der Waals surface area contributed by atoms with Crippen molar-refractivity contribution in [2.75, 3.05) is 31.1 Å². The molecule has 1 fully saturated rings. The summed E-state index contributed by atoms with van der Waals surface area (Å²) in [6.07, 6.45) is 1.18. The van der Waals surface area contributed by atoms with E-state index in [1.54, 1.807) is 23.5 Å². The summed E-state index contributed by atoms with van der Waals surface area (Å²) >= 11 is 1.66. The summed E-state index contributed by atoms with van der Waals surface area (Å²) in [5.74, 6) is -0.202. The molecule has 0 unspecified atom stereocenters. The first kappa shape index (κ1) is 21.6. The van der Waals surface area contributed by atoms with E-state index in [1.807, 2.05) is 16.5 Å². The van der Waals surface area contributed by atoms with E-state index in [2.05, 4.69) is 36.1 Å². The van der Waals surface area contributed by atoms with Gasteiger partial charge in [0.1, 0.15) is 5.82 Å². The zero-order valence-corrected chi connectivity index (χ0v) is 19.6. The fourth-order valence-electron chi connectivity index (χ4n) is 4.17. The van der Waals surface area contributed by atoms with Crippen molar-refractivity contribution in [2.24, 2.45) is 0 Å². The smallest absolute Gasteiger partial charge is 0.227 e. The van der Waals surface area contributed by atoms with Gasteiger partial charge in [0.2, 0.25) is 5.91 Å². The summed E-state index contributed by atoms with van der Waals surface area (Å²) in [6.45, 7) is 7.06. The summed E-state index contributed by atoms with van der Waals surface area (Å²) in [7, 11) is 0. The number of aromatic nitrogens is 3. The van der Waals surface area contributed by atoms with Gasteiger partial charge in [-0.25, -0.2) is 9.07 Å². The molecule has 0 saturated carbocycles. The number of amides is 1. The van der Waals surface area contributed by atoms with E-state index in [0.29, 0.717) is 13.0 Å². The van der Waals surface area contributed by atoms with Gasteiger partial charge in [0.05, 0.1) is 22.5 Å². The molecule has 6 nitrogen and oxygen atoms in total. The SMILES string of the molecule is Cc1ccc(-n2nc(C)c3sc(N4CCCN(C(=O)Cc5ccc(F)cc5)CC4)nc32)cc1. The molecule has 4 aromatic rings. The number of hydrogen-bond acceptors (Lipinski definition) is 5. The van der Waals surface area contributed by atoms with Crippen molar-refractivity contribution in [2.45, 2.75) is 26.7 Å². The Bertz CT molecular complexity index is 1280. The molecular formula is C25H26FN5OS. The summed E-state index contributed by atoms with van der Waals surface area (Å²) in [5, 5.41) is 5.68. The van der Waals surface area contributed by atoms with Gasteiger partial charge < -0.3 is 9.80 Å². The van der Waals surface area contributed by atoms with Crippen LogP contribution >= 0.6 is 11.3 Å². The lowest BCUT2D eigenvalue weighted by molar-refractivity contribution is -0.130. The van der Waals surface area contributed by atoms with E-state index in [9.17, 15) is 9.18 Å². The Balaban J connectivity index is 1.31. The largest absolute Gasteiger partial charge is 0.346 e. The Morgan fingerprint density at radius 1 is 1.00 bits per heavy atom. The van der Waals surface area contributed by atoms with Gasteiger partial charge in [-0.05, 0) is 50.1 Å². The molecule has 2 aromatic heterocycles. The number of aryl methyl sites for hydroxylation is 2.